The molecule has 0 saturated heterocycles. The Balaban J connectivity index is 2.33. The molecule has 0 spiro atoms. The number of rotatable bonds is 8. The molecule has 0 aromatic heterocycles. The first kappa shape index (κ1) is 15.5. The highest BCUT2D eigenvalue weighted by Crippen LogP contribution is 2.17. The van der Waals surface area contributed by atoms with Crippen LogP contribution in [0.1, 0.15) is 33.6 Å². The molecule has 1 rings (SSSR count). The fourth-order valence-electron chi connectivity index (χ4n) is 1.69. The minimum Gasteiger partial charge on any atom is -0.494 e. The van der Waals surface area contributed by atoms with Crippen LogP contribution >= 0.6 is 0 Å². The van der Waals surface area contributed by atoms with Crippen LogP contribution < -0.4 is 15.4 Å². The van der Waals surface area contributed by atoms with Crippen molar-refractivity contribution in [2.24, 2.45) is 0 Å². The van der Waals surface area contributed by atoms with Crippen molar-refractivity contribution in [2.45, 2.75) is 39.7 Å². The summed E-state index contributed by atoms with van der Waals surface area (Å²) in [6.45, 7) is 7.62. The summed E-state index contributed by atoms with van der Waals surface area (Å²) in [7, 11) is 0. The first-order valence-electron chi connectivity index (χ1n) is 6.88. The van der Waals surface area contributed by atoms with Crippen molar-refractivity contribution in [3.63, 3.8) is 0 Å². The normalized spacial score (nSPS) is 10.5. The topological polar surface area (TPSA) is 50.4 Å². The quantitative estimate of drug-likeness (QED) is 0.710. The van der Waals surface area contributed by atoms with Crippen LogP contribution in [0, 0.1) is 0 Å². The van der Waals surface area contributed by atoms with Gasteiger partial charge < -0.3 is 15.4 Å². The van der Waals surface area contributed by atoms with Crippen molar-refractivity contribution in [2.75, 3.05) is 18.5 Å². The van der Waals surface area contributed by atoms with Gasteiger partial charge in [-0.25, -0.2) is 0 Å². The third kappa shape index (κ3) is 6.82. The minimum absolute atomic E-state index is 0.0409. The zero-order valence-electron chi connectivity index (χ0n) is 12.0. The van der Waals surface area contributed by atoms with Gasteiger partial charge in [-0.15, -0.1) is 0 Å². The molecule has 0 fully saturated rings. The van der Waals surface area contributed by atoms with Gasteiger partial charge >= 0.3 is 0 Å². The molecule has 0 unspecified atom stereocenters. The molecule has 0 aliphatic heterocycles. The third-order valence-corrected chi connectivity index (χ3v) is 2.56. The monoisotopic (exact) mass is 264 g/mol. The third-order valence-electron chi connectivity index (χ3n) is 2.56. The van der Waals surface area contributed by atoms with E-state index in [0.29, 0.717) is 19.1 Å². The largest absolute Gasteiger partial charge is 0.494 e. The van der Waals surface area contributed by atoms with E-state index in [-0.39, 0.29) is 5.91 Å². The standard InChI is InChI=1S/C15H24N2O2/c1-4-19-14-8-5-7-13(11-14)17-15(18)9-6-10-16-12(2)3/h5,7-8,11-12,16H,4,6,9-10H2,1-3H3,(H,17,18). The van der Waals surface area contributed by atoms with E-state index >= 15 is 0 Å². The van der Waals surface area contributed by atoms with Gasteiger partial charge in [-0.1, -0.05) is 19.9 Å². The van der Waals surface area contributed by atoms with Crippen molar-refractivity contribution in [3.05, 3.63) is 24.3 Å². The zero-order chi connectivity index (χ0) is 14.1. The van der Waals surface area contributed by atoms with Gasteiger partial charge in [-0.3, -0.25) is 4.79 Å². The molecule has 106 valence electrons. The van der Waals surface area contributed by atoms with Gasteiger partial charge in [0.15, 0.2) is 0 Å². The van der Waals surface area contributed by atoms with E-state index in [4.69, 9.17) is 4.74 Å². The summed E-state index contributed by atoms with van der Waals surface area (Å²) >= 11 is 0. The van der Waals surface area contributed by atoms with Crippen molar-refractivity contribution in [1.82, 2.24) is 5.32 Å². The summed E-state index contributed by atoms with van der Waals surface area (Å²) < 4.78 is 5.39. The van der Waals surface area contributed by atoms with Crippen LogP contribution in [0.5, 0.6) is 5.75 Å². The lowest BCUT2D eigenvalue weighted by molar-refractivity contribution is -0.116. The predicted octanol–water partition coefficient (Wildman–Crippen LogP) is 2.80. The lowest BCUT2D eigenvalue weighted by Crippen LogP contribution is -2.24. The molecular formula is C15H24N2O2. The molecule has 0 radical (unpaired) electrons. The predicted molar refractivity (Wildman–Crippen MR) is 78.6 cm³/mol. The summed E-state index contributed by atoms with van der Waals surface area (Å²) in [6, 6.07) is 7.93. The number of nitrogens with one attached hydrogen (secondary N) is 2. The Kier molecular flexibility index (Phi) is 6.97. The van der Waals surface area contributed by atoms with Crippen molar-refractivity contribution in [1.29, 1.82) is 0 Å². The molecule has 0 saturated carbocycles. The smallest absolute Gasteiger partial charge is 0.224 e. The van der Waals surface area contributed by atoms with Gasteiger partial charge in [0.25, 0.3) is 0 Å². The number of amides is 1. The highest BCUT2D eigenvalue weighted by atomic mass is 16.5. The first-order chi connectivity index (χ1) is 9.11. The van der Waals surface area contributed by atoms with E-state index in [1.54, 1.807) is 0 Å². The van der Waals surface area contributed by atoms with Crippen molar-refractivity contribution < 1.29 is 9.53 Å². The van der Waals surface area contributed by atoms with Crippen LogP contribution in [0.4, 0.5) is 5.69 Å². The average molecular weight is 264 g/mol. The Morgan fingerprint density at radius 3 is 2.84 bits per heavy atom. The number of hydrogen-bond donors (Lipinski definition) is 2. The Bertz CT molecular complexity index is 391. The fourth-order valence-corrected chi connectivity index (χ4v) is 1.69. The highest BCUT2D eigenvalue weighted by Gasteiger charge is 2.03. The molecule has 1 amide bonds. The van der Waals surface area contributed by atoms with Crippen LogP contribution in [0.2, 0.25) is 0 Å². The van der Waals surface area contributed by atoms with E-state index < -0.39 is 0 Å². The van der Waals surface area contributed by atoms with E-state index in [1.165, 1.54) is 0 Å². The highest BCUT2D eigenvalue weighted by molar-refractivity contribution is 5.90. The van der Waals surface area contributed by atoms with Crippen molar-refractivity contribution >= 4 is 11.6 Å². The molecule has 19 heavy (non-hydrogen) atoms. The number of benzene rings is 1. The van der Waals surface area contributed by atoms with Crippen LogP contribution in [-0.4, -0.2) is 25.1 Å². The Morgan fingerprint density at radius 1 is 1.37 bits per heavy atom. The lowest BCUT2D eigenvalue weighted by Gasteiger charge is -2.09. The molecule has 0 atom stereocenters. The van der Waals surface area contributed by atoms with Gasteiger partial charge in [0, 0.05) is 24.2 Å². The summed E-state index contributed by atoms with van der Waals surface area (Å²) in [4.78, 5) is 11.7. The summed E-state index contributed by atoms with van der Waals surface area (Å²) in [5, 5.41) is 6.17. The Labute approximate surface area is 115 Å². The molecular weight excluding hydrogens is 240 g/mol. The van der Waals surface area contributed by atoms with Gasteiger partial charge in [0.2, 0.25) is 5.91 Å². The molecule has 4 nitrogen and oxygen atoms in total. The molecule has 1 aromatic rings. The number of hydrogen-bond acceptors (Lipinski definition) is 3. The molecule has 0 aliphatic carbocycles. The number of anilines is 1. The average Bonchev–Trinajstić information content (AvgIpc) is 2.35. The second kappa shape index (κ2) is 8.53. The number of carbonyl (C=O) groups is 1. The van der Waals surface area contributed by atoms with Gasteiger partial charge in [0.1, 0.15) is 5.75 Å². The SMILES string of the molecule is CCOc1cccc(NC(=O)CCCNC(C)C)c1. The maximum absolute atomic E-state index is 11.7. The first-order valence-corrected chi connectivity index (χ1v) is 6.88. The lowest BCUT2D eigenvalue weighted by atomic mass is 10.2. The van der Waals surface area contributed by atoms with Gasteiger partial charge in [0.05, 0.1) is 6.61 Å². The summed E-state index contributed by atoms with van der Waals surface area (Å²) in [5.74, 6) is 0.820. The van der Waals surface area contributed by atoms with Crippen molar-refractivity contribution in [3.8, 4) is 5.75 Å². The fraction of sp³-hybridized carbons (Fsp3) is 0.533. The van der Waals surface area contributed by atoms with Gasteiger partial charge in [-0.2, -0.15) is 0 Å². The molecule has 0 aliphatic rings. The van der Waals surface area contributed by atoms with Gasteiger partial charge in [-0.05, 0) is 32.0 Å². The molecule has 0 bridgehead atoms. The van der Waals surface area contributed by atoms with E-state index in [1.807, 2.05) is 31.2 Å². The zero-order valence-corrected chi connectivity index (χ0v) is 12.0. The van der Waals surface area contributed by atoms with E-state index in [2.05, 4.69) is 24.5 Å². The van der Waals surface area contributed by atoms with Crippen LogP contribution in [0.15, 0.2) is 24.3 Å². The van der Waals surface area contributed by atoms with Crippen LogP contribution in [-0.2, 0) is 4.79 Å². The van der Waals surface area contributed by atoms with E-state index in [9.17, 15) is 4.79 Å². The molecule has 2 N–H and O–H groups in total. The number of ether oxygens (including phenoxy) is 1. The maximum atomic E-state index is 11.7. The second-order valence-corrected chi connectivity index (χ2v) is 4.72. The van der Waals surface area contributed by atoms with E-state index in [0.717, 1.165) is 24.4 Å². The van der Waals surface area contributed by atoms with Crippen LogP contribution in [0.25, 0.3) is 0 Å². The Morgan fingerprint density at radius 2 is 2.16 bits per heavy atom. The molecule has 4 heteroatoms. The Hall–Kier alpha value is -1.55. The summed E-state index contributed by atoms with van der Waals surface area (Å²) in [6.07, 6.45) is 1.37. The molecule has 0 heterocycles. The number of carbonyl (C=O) groups excluding carboxylic acids is 1. The summed E-state index contributed by atoms with van der Waals surface area (Å²) in [5.41, 5.74) is 0.785. The maximum Gasteiger partial charge on any atom is 0.224 e. The van der Waals surface area contributed by atoms with Crippen LogP contribution in [0.3, 0.4) is 0 Å². The minimum atomic E-state index is 0.0409. The molecule has 1 aromatic carbocycles. The second-order valence-electron chi connectivity index (χ2n) is 4.72.